The molecule has 3 nitrogen and oxygen atoms in total. The van der Waals surface area contributed by atoms with Gasteiger partial charge in [0.05, 0.1) is 0 Å². The summed E-state index contributed by atoms with van der Waals surface area (Å²) in [7, 11) is 0. The normalized spacial score (nSPS) is 11.2. The van der Waals surface area contributed by atoms with Gasteiger partial charge >= 0.3 is 6.36 Å². The lowest BCUT2D eigenvalue weighted by atomic mass is 9.99. The lowest BCUT2D eigenvalue weighted by molar-refractivity contribution is -0.274. The van der Waals surface area contributed by atoms with Gasteiger partial charge in [0.25, 0.3) is 0 Å². The van der Waals surface area contributed by atoms with E-state index in [-0.39, 0.29) is 11.1 Å². The van der Waals surface area contributed by atoms with Crippen molar-refractivity contribution in [2.24, 2.45) is 5.73 Å². The second kappa shape index (κ2) is 5.43. The third-order valence-corrected chi connectivity index (χ3v) is 2.65. The Morgan fingerprint density at radius 1 is 1.05 bits per heavy atom. The van der Waals surface area contributed by atoms with Crippen LogP contribution < -0.4 is 10.5 Å². The first-order valence-corrected chi connectivity index (χ1v) is 5.72. The molecular weight excluding hydrogens is 290 g/mol. The van der Waals surface area contributed by atoms with Gasteiger partial charge in [-0.1, -0.05) is 12.1 Å². The number of hydrogen-bond acceptors (Lipinski definition) is 2. The van der Waals surface area contributed by atoms with Crippen LogP contribution in [0.25, 0.3) is 11.1 Å². The molecule has 2 aromatic carbocycles. The monoisotopic (exact) mass is 299 g/mol. The van der Waals surface area contributed by atoms with Crippen LogP contribution in [-0.2, 0) is 0 Å². The molecule has 0 heterocycles. The third-order valence-electron chi connectivity index (χ3n) is 2.65. The molecular formula is C14H9F4NO2. The number of alkyl halides is 3. The van der Waals surface area contributed by atoms with Crippen LogP contribution in [0.15, 0.2) is 42.5 Å². The summed E-state index contributed by atoms with van der Waals surface area (Å²) in [5, 5.41) is 0. The summed E-state index contributed by atoms with van der Waals surface area (Å²) in [5.74, 6) is -1.77. The van der Waals surface area contributed by atoms with Gasteiger partial charge in [-0.3, -0.25) is 4.79 Å². The maximum Gasteiger partial charge on any atom is 0.573 e. The Kier molecular flexibility index (Phi) is 3.84. The Hall–Kier alpha value is -2.57. The van der Waals surface area contributed by atoms with Gasteiger partial charge < -0.3 is 10.5 Å². The molecule has 1 amide bonds. The van der Waals surface area contributed by atoms with Crippen molar-refractivity contribution in [1.29, 1.82) is 0 Å². The molecule has 0 aromatic heterocycles. The molecule has 2 N–H and O–H groups in total. The van der Waals surface area contributed by atoms with E-state index >= 15 is 0 Å². The lowest BCUT2D eigenvalue weighted by Crippen LogP contribution is -2.17. The molecule has 0 atom stereocenters. The molecule has 0 bridgehead atoms. The van der Waals surface area contributed by atoms with Crippen LogP contribution in [-0.4, -0.2) is 12.3 Å². The second-order valence-electron chi connectivity index (χ2n) is 4.13. The number of rotatable bonds is 3. The summed E-state index contributed by atoms with van der Waals surface area (Å²) in [6.07, 6.45) is -4.79. The van der Waals surface area contributed by atoms with E-state index in [0.29, 0.717) is 5.56 Å². The third kappa shape index (κ3) is 3.71. The predicted molar refractivity (Wildman–Crippen MR) is 67.0 cm³/mol. The van der Waals surface area contributed by atoms with Crippen LogP contribution in [0, 0.1) is 5.82 Å². The minimum absolute atomic E-state index is 0.0703. The zero-order valence-electron chi connectivity index (χ0n) is 10.4. The summed E-state index contributed by atoms with van der Waals surface area (Å²) in [5.41, 5.74) is 5.79. The van der Waals surface area contributed by atoms with Crippen molar-refractivity contribution < 1.29 is 27.1 Å². The van der Waals surface area contributed by atoms with E-state index < -0.39 is 23.8 Å². The number of hydrogen-bond donors (Lipinski definition) is 1. The first kappa shape index (κ1) is 14.8. The molecule has 0 unspecified atom stereocenters. The Morgan fingerprint density at radius 2 is 1.67 bits per heavy atom. The van der Waals surface area contributed by atoms with Gasteiger partial charge in [0.1, 0.15) is 11.6 Å². The molecule has 0 aliphatic rings. The van der Waals surface area contributed by atoms with E-state index in [1.165, 1.54) is 18.2 Å². The van der Waals surface area contributed by atoms with Crippen molar-refractivity contribution >= 4 is 5.91 Å². The number of nitrogens with two attached hydrogens (primary N) is 1. The number of amides is 1. The molecule has 0 spiro atoms. The SMILES string of the molecule is NC(=O)c1ccc(F)cc1-c1ccc(OC(F)(F)F)cc1. The molecule has 0 fully saturated rings. The van der Waals surface area contributed by atoms with Gasteiger partial charge in [-0.25, -0.2) is 4.39 Å². The smallest absolute Gasteiger partial charge is 0.406 e. The van der Waals surface area contributed by atoms with Crippen molar-refractivity contribution in [3.05, 3.63) is 53.8 Å². The van der Waals surface area contributed by atoms with E-state index in [4.69, 9.17) is 5.73 Å². The Bertz CT molecular complexity index is 666. The maximum absolute atomic E-state index is 13.3. The summed E-state index contributed by atoms with van der Waals surface area (Å²) in [4.78, 5) is 11.3. The van der Waals surface area contributed by atoms with Crippen molar-refractivity contribution in [2.45, 2.75) is 6.36 Å². The van der Waals surface area contributed by atoms with Crippen molar-refractivity contribution in [1.82, 2.24) is 0 Å². The van der Waals surface area contributed by atoms with E-state index in [1.807, 2.05) is 0 Å². The van der Waals surface area contributed by atoms with Crippen molar-refractivity contribution in [3.63, 3.8) is 0 Å². The van der Waals surface area contributed by atoms with Crippen LogP contribution in [0.4, 0.5) is 17.6 Å². The highest BCUT2D eigenvalue weighted by Crippen LogP contribution is 2.28. The van der Waals surface area contributed by atoms with Crippen LogP contribution in [0.5, 0.6) is 5.75 Å². The highest BCUT2D eigenvalue weighted by Gasteiger charge is 2.31. The second-order valence-corrected chi connectivity index (χ2v) is 4.13. The number of primary amides is 1. The Balaban J connectivity index is 2.39. The minimum atomic E-state index is -4.79. The van der Waals surface area contributed by atoms with Gasteiger partial charge in [0, 0.05) is 5.56 Å². The Morgan fingerprint density at radius 3 is 2.19 bits per heavy atom. The molecule has 7 heteroatoms. The fourth-order valence-electron chi connectivity index (χ4n) is 1.81. The summed E-state index contributed by atoms with van der Waals surface area (Å²) in [6, 6.07) is 8.07. The average molecular weight is 299 g/mol. The fourth-order valence-corrected chi connectivity index (χ4v) is 1.81. The molecule has 0 aliphatic heterocycles. The number of carbonyl (C=O) groups excluding carboxylic acids is 1. The number of benzene rings is 2. The lowest BCUT2D eigenvalue weighted by Gasteiger charge is -2.10. The van der Waals surface area contributed by atoms with E-state index in [9.17, 15) is 22.4 Å². The van der Waals surface area contributed by atoms with E-state index in [2.05, 4.69) is 4.74 Å². The van der Waals surface area contributed by atoms with Crippen LogP contribution in [0.3, 0.4) is 0 Å². The maximum atomic E-state index is 13.3. The summed E-state index contributed by atoms with van der Waals surface area (Å²) >= 11 is 0. The van der Waals surface area contributed by atoms with E-state index in [1.54, 1.807) is 0 Å². The average Bonchev–Trinajstić information content (AvgIpc) is 2.37. The highest BCUT2D eigenvalue weighted by atomic mass is 19.4. The van der Waals surface area contributed by atoms with Crippen LogP contribution >= 0.6 is 0 Å². The van der Waals surface area contributed by atoms with Crippen LogP contribution in [0.2, 0.25) is 0 Å². The van der Waals surface area contributed by atoms with Gasteiger partial charge in [-0.2, -0.15) is 0 Å². The summed E-state index contributed by atoms with van der Waals surface area (Å²) in [6.45, 7) is 0. The van der Waals surface area contributed by atoms with E-state index in [0.717, 1.165) is 24.3 Å². The van der Waals surface area contributed by atoms with Gasteiger partial charge in [0.15, 0.2) is 0 Å². The molecule has 110 valence electrons. The molecule has 0 saturated carbocycles. The molecule has 0 aliphatic carbocycles. The Labute approximate surface area is 116 Å². The minimum Gasteiger partial charge on any atom is -0.406 e. The van der Waals surface area contributed by atoms with Crippen molar-refractivity contribution in [2.75, 3.05) is 0 Å². The van der Waals surface area contributed by atoms with Gasteiger partial charge in [-0.15, -0.1) is 13.2 Å². The summed E-state index contributed by atoms with van der Waals surface area (Å²) < 4.78 is 53.2. The largest absolute Gasteiger partial charge is 0.573 e. The molecule has 2 rings (SSSR count). The molecule has 21 heavy (non-hydrogen) atoms. The molecule has 2 aromatic rings. The van der Waals surface area contributed by atoms with Gasteiger partial charge in [-0.05, 0) is 41.5 Å². The first-order valence-electron chi connectivity index (χ1n) is 5.72. The zero-order chi connectivity index (χ0) is 15.6. The van der Waals surface area contributed by atoms with Crippen LogP contribution in [0.1, 0.15) is 10.4 Å². The topological polar surface area (TPSA) is 52.3 Å². The molecule has 0 radical (unpaired) electrons. The highest BCUT2D eigenvalue weighted by molar-refractivity contribution is 5.99. The molecule has 0 saturated heterocycles. The first-order chi connectivity index (χ1) is 9.76. The van der Waals surface area contributed by atoms with Crippen molar-refractivity contribution in [3.8, 4) is 16.9 Å². The number of ether oxygens (including phenoxy) is 1. The quantitative estimate of drug-likeness (QED) is 0.882. The number of carbonyl (C=O) groups is 1. The number of halogens is 4. The van der Waals surface area contributed by atoms with Gasteiger partial charge in [0.2, 0.25) is 5.91 Å². The standard InChI is InChI=1S/C14H9F4NO2/c15-9-3-6-11(13(19)20)12(7-9)8-1-4-10(5-2-8)21-14(16,17)18/h1-7H,(H2,19,20). The zero-order valence-corrected chi connectivity index (χ0v) is 10.4. The fraction of sp³-hybridized carbons (Fsp3) is 0.0714. The predicted octanol–water partition coefficient (Wildman–Crippen LogP) is 3.49.